The summed E-state index contributed by atoms with van der Waals surface area (Å²) in [6, 6.07) is 11.0. The molecule has 2 aliphatic rings. The maximum absolute atomic E-state index is 6.08. The molecule has 3 nitrogen and oxygen atoms in total. The van der Waals surface area contributed by atoms with E-state index in [9.17, 15) is 0 Å². The van der Waals surface area contributed by atoms with Gasteiger partial charge in [0.1, 0.15) is 0 Å². The van der Waals surface area contributed by atoms with Crippen molar-refractivity contribution in [3.8, 4) is 5.88 Å². The van der Waals surface area contributed by atoms with E-state index in [1.807, 2.05) is 13.2 Å². The summed E-state index contributed by atoms with van der Waals surface area (Å²) in [6.45, 7) is 0.781. The van der Waals surface area contributed by atoms with Gasteiger partial charge in [-0.15, -0.1) is 11.8 Å². The zero-order valence-corrected chi connectivity index (χ0v) is 14.9. The maximum Gasteiger partial charge on any atom is 0.221 e. The number of nitrogens with one attached hydrogen (secondary N) is 1. The molecule has 24 heavy (non-hydrogen) atoms. The van der Waals surface area contributed by atoms with E-state index in [0.717, 1.165) is 28.9 Å². The minimum absolute atomic E-state index is 0.241. The zero-order chi connectivity index (χ0) is 16.5. The van der Waals surface area contributed by atoms with Crippen molar-refractivity contribution < 1.29 is 4.74 Å². The van der Waals surface area contributed by atoms with E-state index in [4.69, 9.17) is 4.74 Å². The van der Waals surface area contributed by atoms with E-state index in [0.29, 0.717) is 0 Å². The van der Waals surface area contributed by atoms with Gasteiger partial charge in [0.25, 0.3) is 0 Å². The largest absolute Gasteiger partial charge is 0.477 e. The lowest BCUT2D eigenvalue weighted by molar-refractivity contribution is 0.287. The van der Waals surface area contributed by atoms with Crippen LogP contribution in [0.15, 0.2) is 47.5 Å². The van der Waals surface area contributed by atoms with E-state index in [2.05, 4.69) is 53.0 Å². The molecule has 1 heterocycles. The highest BCUT2D eigenvalue weighted by atomic mass is 32.2. The van der Waals surface area contributed by atoms with Gasteiger partial charge in [0.2, 0.25) is 5.88 Å². The summed E-state index contributed by atoms with van der Waals surface area (Å²) >= 11 is 1.71. The molecule has 1 atom stereocenters. The summed E-state index contributed by atoms with van der Waals surface area (Å²) in [5, 5.41) is 3.39. The Morgan fingerprint density at radius 1 is 1.25 bits per heavy atom. The molecule has 0 amide bonds. The second-order valence-corrected chi connectivity index (χ2v) is 7.30. The van der Waals surface area contributed by atoms with Gasteiger partial charge in [0.15, 0.2) is 0 Å². The standard InChI is InChI=1S/C20H22N2OS/c1-21-19-10-17(15-5-3-4-6-16(15)19)18-9-14(24-2)11-22-20(18)23-12-13-7-8-13/h3-6,9-11,13,19,21H,7-8,12H2,1-2H3. The Balaban J connectivity index is 1.76. The molecule has 0 bridgehead atoms. The average molecular weight is 338 g/mol. The summed E-state index contributed by atoms with van der Waals surface area (Å²) in [4.78, 5) is 5.78. The van der Waals surface area contributed by atoms with Crippen LogP contribution >= 0.6 is 11.8 Å². The van der Waals surface area contributed by atoms with Crippen molar-refractivity contribution in [1.29, 1.82) is 0 Å². The summed E-state index contributed by atoms with van der Waals surface area (Å²) in [6.07, 6.45) is 8.85. The van der Waals surface area contributed by atoms with Crippen molar-refractivity contribution in [2.75, 3.05) is 19.9 Å². The number of fused-ring (bicyclic) bond motifs is 1. The maximum atomic E-state index is 6.08. The summed E-state index contributed by atoms with van der Waals surface area (Å²) in [5.41, 5.74) is 4.91. The summed E-state index contributed by atoms with van der Waals surface area (Å²) in [7, 11) is 2.00. The lowest BCUT2D eigenvalue weighted by atomic mass is 10.00. The minimum atomic E-state index is 0.241. The van der Waals surface area contributed by atoms with Crippen LogP contribution in [-0.4, -0.2) is 24.9 Å². The van der Waals surface area contributed by atoms with Crippen LogP contribution in [0, 0.1) is 5.92 Å². The van der Waals surface area contributed by atoms with Crippen molar-refractivity contribution in [3.63, 3.8) is 0 Å². The number of likely N-dealkylation sites (N-methyl/N-ethyl adjacent to an activating group) is 1. The van der Waals surface area contributed by atoms with Crippen molar-refractivity contribution in [2.45, 2.75) is 23.8 Å². The highest BCUT2D eigenvalue weighted by molar-refractivity contribution is 7.98. The fourth-order valence-corrected chi connectivity index (χ4v) is 3.56. The Morgan fingerprint density at radius 2 is 2.08 bits per heavy atom. The van der Waals surface area contributed by atoms with Gasteiger partial charge in [-0.1, -0.05) is 30.3 Å². The molecule has 4 rings (SSSR count). The normalized spacial score (nSPS) is 19.1. The third-order valence-electron chi connectivity index (χ3n) is 4.73. The molecule has 0 saturated heterocycles. The van der Waals surface area contributed by atoms with E-state index in [1.54, 1.807) is 11.8 Å². The number of hydrogen-bond donors (Lipinski definition) is 1. The van der Waals surface area contributed by atoms with E-state index < -0.39 is 0 Å². The van der Waals surface area contributed by atoms with Gasteiger partial charge in [-0.2, -0.15) is 0 Å². The van der Waals surface area contributed by atoms with Gasteiger partial charge in [-0.05, 0) is 54.8 Å². The Kier molecular flexibility index (Phi) is 4.33. The molecule has 0 aliphatic heterocycles. The second-order valence-electron chi connectivity index (χ2n) is 6.42. The number of thioether (sulfide) groups is 1. The van der Waals surface area contributed by atoms with Gasteiger partial charge in [0, 0.05) is 16.7 Å². The first kappa shape index (κ1) is 15.7. The minimum Gasteiger partial charge on any atom is -0.477 e. The number of hydrogen-bond acceptors (Lipinski definition) is 4. The quantitative estimate of drug-likeness (QED) is 0.797. The number of rotatable bonds is 6. The fraction of sp³-hybridized carbons (Fsp3) is 0.350. The molecule has 124 valence electrons. The Morgan fingerprint density at radius 3 is 2.83 bits per heavy atom. The first-order valence-electron chi connectivity index (χ1n) is 8.45. The molecule has 2 aromatic rings. The topological polar surface area (TPSA) is 34.2 Å². The first-order chi connectivity index (χ1) is 11.8. The molecular formula is C20H22N2OS. The molecule has 0 spiro atoms. The molecule has 4 heteroatoms. The Bertz CT molecular complexity index is 783. The fourth-order valence-electron chi connectivity index (χ4n) is 3.17. The van der Waals surface area contributed by atoms with Crippen LogP contribution in [0.4, 0.5) is 0 Å². The molecule has 1 saturated carbocycles. The molecule has 1 unspecified atom stereocenters. The number of aromatic nitrogens is 1. The average Bonchev–Trinajstić information content (AvgIpc) is 3.39. The Hall–Kier alpha value is -1.78. The molecular weight excluding hydrogens is 316 g/mol. The van der Waals surface area contributed by atoms with Gasteiger partial charge < -0.3 is 10.1 Å². The first-order valence-corrected chi connectivity index (χ1v) is 9.68. The number of nitrogens with zero attached hydrogens (tertiary/aromatic N) is 1. The molecule has 1 fully saturated rings. The second kappa shape index (κ2) is 6.61. The molecule has 0 radical (unpaired) electrons. The lowest BCUT2D eigenvalue weighted by Crippen LogP contribution is -2.11. The van der Waals surface area contributed by atoms with Gasteiger partial charge in [-0.25, -0.2) is 4.98 Å². The van der Waals surface area contributed by atoms with Crippen LogP contribution in [0.3, 0.4) is 0 Å². The smallest absolute Gasteiger partial charge is 0.221 e. The van der Waals surface area contributed by atoms with E-state index in [-0.39, 0.29) is 6.04 Å². The SMILES string of the molecule is CNC1C=C(c2cc(SC)cnc2OCC2CC2)c2ccccc21. The van der Waals surface area contributed by atoms with Crippen LogP contribution in [0.1, 0.15) is 35.6 Å². The third-order valence-corrected chi connectivity index (χ3v) is 5.43. The predicted octanol–water partition coefficient (Wildman–Crippen LogP) is 4.30. The van der Waals surface area contributed by atoms with Crippen LogP contribution in [0.25, 0.3) is 5.57 Å². The highest BCUT2D eigenvalue weighted by Gasteiger charge is 2.27. The van der Waals surface area contributed by atoms with Crippen molar-refractivity contribution in [2.24, 2.45) is 5.92 Å². The van der Waals surface area contributed by atoms with Gasteiger partial charge in [0.05, 0.1) is 12.6 Å². The van der Waals surface area contributed by atoms with E-state index in [1.165, 1.54) is 29.5 Å². The highest BCUT2D eigenvalue weighted by Crippen LogP contribution is 2.42. The van der Waals surface area contributed by atoms with Gasteiger partial charge in [-0.3, -0.25) is 0 Å². The van der Waals surface area contributed by atoms with E-state index >= 15 is 0 Å². The monoisotopic (exact) mass is 338 g/mol. The third kappa shape index (κ3) is 2.96. The summed E-state index contributed by atoms with van der Waals surface area (Å²) in [5.74, 6) is 1.48. The van der Waals surface area contributed by atoms with Crippen molar-refractivity contribution in [3.05, 3.63) is 59.3 Å². The number of ether oxygens (including phenoxy) is 1. The van der Waals surface area contributed by atoms with Crippen molar-refractivity contribution in [1.82, 2.24) is 10.3 Å². The zero-order valence-electron chi connectivity index (χ0n) is 14.1. The molecule has 1 N–H and O–H groups in total. The molecule has 1 aromatic heterocycles. The lowest BCUT2D eigenvalue weighted by Gasteiger charge is -2.13. The number of pyridine rings is 1. The van der Waals surface area contributed by atoms with Crippen LogP contribution in [0.5, 0.6) is 5.88 Å². The van der Waals surface area contributed by atoms with Crippen LogP contribution in [0.2, 0.25) is 0 Å². The van der Waals surface area contributed by atoms with Gasteiger partial charge >= 0.3 is 0 Å². The predicted molar refractivity (Wildman–Crippen MR) is 99.6 cm³/mol. The van der Waals surface area contributed by atoms with Crippen molar-refractivity contribution >= 4 is 17.3 Å². The molecule has 2 aliphatic carbocycles. The molecule has 1 aromatic carbocycles. The van der Waals surface area contributed by atoms with Crippen LogP contribution in [-0.2, 0) is 0 Å². The Labute approximate surface area is 147 Å². The number of benzene rings is 1. The van der Waals surface area contributed by atoms with Crippen LogP contribution < -0.4 is 10.1 Å². The summed E-state index contributed by atoms with van der Waals surface area (Å²) < 4.78 is 6.08.